The smallest absolute Gasteiger partial charge is 0.256 e. The monoisotopic (exact) mass is 404 g/mol. The largest absolute Gasteiger partial charge is 0.322 e. The fraction of sp³-hybridized carbons (Fsp3) is 0.174. The van der Waals surface area contributed by atoms with Gasteiger partial charge in [0, 0.05) is 33.9 Å². The van der Waals surface area contributed by atoms with Crippen LogP contribution in [0.4, 0.5) is 5.69 Å². The van der Waals surface area contributed by atoms with Gasteiger partial charge in [0.2, 0.25) is 0 Å². The molecule has 0 atom stereocenters. The average molecular weight is 405 g/mol. The molecule has 1 amide bonds. The summed E-state index contributed by atoms with van der Waals surface area (Å²) in [7, 11) is 0. The van der Waals surface area contributed by atoms with E-state index in [1.54, 1.807) is 12.3 Å². The lowest BCUT2D eigenvalue weighted by atomic mass is 10.0. The number of anilines is 1. The van der Waals surface area contributed by atoms with E-state index in [-0.39, 0.29) is 5.91 Å². The normalized spacial score (nSPS) is 11.0. The predicted octanol–water partition coefficient (Wildman–Crippen LogP) is 5.64. The Bertz CT molecular complexity index is 1230. The van der Waals surface area contributed by atoms with Crippen LogP contribution in [0.1, 0.15) is 28.5 Å². The van der Waals surface area contributed by atoms with E-state index in [4.69, 9.17) is 16.6 Å². The van der Waals surface area contributed by atoms with Gasteiger partial charge >= 0.3 is 0 Å². The molecule has 0 aliphatic rings. The first-order chi connectivity index (χ1) is 14.0. The van der Waals surface area contributed by atoms with Crippen LogP contribution in [-0.2, 0) is 6.54 Å². The molecule has 0 aliphatic carbocycles. The third-order valence-corrected chi connectivity index (χ3v) is 5.56. The van der Waals surface area contributed by atoms with Gasteiger partial charge in [-0.2, -0.15) is 5.10 Å². The van der Waals surface area contributed by atoms with Gasteiger partial charge in [0.05, 0.1) is 23.0 Å². The summed E-state index contributed by atoms with van der Waals surface area (Å²) in [5.41, 5.74) is 5.53. The first-order valence-corrected chi connectivity index (χ1v) is 9.86. The zero-order chi connectivity index (χ0) is 20.5. The van der Waals surface area contributed by atoms with E-state index < -0.39 is 0 Å². The molecule has 0 fully saturated rings. The number of para-hydroxylation sites is 1. The molecular formula is C23H21ClN4O. The van der Waals surface area contributed by atoms with Crippen molar-refractivity contribution in [1.29, 1.82) is 0 Å². The molecule has 0 aliphatic heterocycles. The van der Waals surface area contributed by atoms with Crippen molar-refractivity contribution >= 4 is 34.1 Å². The number of aromatic nitrogens is 3. The molecule has 0 bridgehead atoms. The highest BCUT2D eigenvalue weighted by Gasteiger charge is 2.17. The zero-order valence-corrected chi connectivity index (χ0v) is 17.3. The third kappa shape index (κ3) is 3.49. The minimum atomic E-state index is -0.198. The second kappa shape index (κ2) is 7.68. The topological polar surface area (TPSA) is 59.8 Å². The Morgan fingerprint density at radius 1 is 1.14 bits per heavy atom. The zero-order valence-electron chi connectivity index (χ0n) is 16.5. The van der Waals surface area contributed by atoms with E-state index in [9.17, 15) is 4.79 Å². The summed E-state index contributed by atoms with van der Waals surface area (Å²) in [6, 6.07) is 15.0. The Balaban J connectivity index is 1.83. The summed E-state index contributed by atoms with van der Waals surface area (Å²) >= 11 is 6.21. The molecule has 5 nitrogen and oxygen atoms in total. The fourth-order valence-corrected chi connectivity index (χ4v) is 3.63. The number of rotatable bonds is 4. The van der Waals surface area contributed by atoms with Crippen LogP contribution in [-0.4, -0.2) is 20.7 Å². The maximum absolute atomic E-state index is 13.2. The quantitative estimate of drug-likeness (QED) is 0.478. The van der Waals surface area contributed by atoms with Gasteiger partial charge in [-0.05, 0) is 50.6 Å². The molecule has 29 heavy (non-hydrogen) atoms. The van der Waals surface area contributed by atoms with E-state index in [0.29, 0.717) is 16.3 Å². The number of nitrogens with one attached hydrogen (secondary N) is 1. The average Bonchev–Trinajstić information content (AvgIpc) is 3.11. The maximum atomic E-state index is 13.2. The summed E-state index contributed by atoms with van der Waals surface area (Å²) in [5.74, 6) is -0.198. The minimum absolute atomic E-state index is 0.198. The highest BCUT2D eigenvalue weighted by Crippen LogP contribution is 2.29. The number of nitrogens with zero attached hydrogens (tertiary/aromatic N) is 3. The lowest BCUT2D eigenvalue weighted by Crippen LogP contribution is -2.14. The van der Waals surface area contributed by atoms with Crippen molar-refractivity contribution in [2.45, 2.75) is 27.3 Å². The molecule has 146 valence electrons. The van der Waals surface area contributed by atoms with E-state index in [1.807, 2.05) is 67.9 Å². The second-order valence-corrected chi connectivity index (χ2v) is 7.31. The molecule has 2 aromatic heterocycles. The van der Waals surface area contributed by atoms with E-state index >= 15 is 0 Å². The number of carbonyl (C=O) groups excluding carboxylic acids is 1. The number of halogens is 1. The number of aryl methyl sites for hydroxylation is 1. The summed E-state index contributed by atoms with van der Waals surface area (Å²) < 4.78 is 1.92. The fourth-order valence-electron chi connectivity index (χ4n) is 3.45. The Hall–Kier alpha value is -3.18. The number of carbonyl (C=O) groups is 1. The van der Waals surface area contributed by atoms with Crippen LogP contribution in [0.3, 0.4) is 0 Å². The predicted molar refractivity (Wildman–Crippen MR) is 118 cm³/mol. The van der Waals surface area contributed by atoms with Crippen molar-refractivity contribution in [3.8, 4) is 11.3 Å². The van der Waals surface area contributed by atoms with Crippen LogP contribution in [0.2, 0.25) is 5.02 Å². The number of hydrogen-bond donors (Lipinski definition) is 1. The number of pyridine rings is 1. The van der Waals surface area contributed by atoms with Crippen LogP contribution in [0.25, 0.3) is 22.2 Å². The molecular weight excluding hydrogens is 384 g/mol. The Kier molecular flexibility index (Phi) is 5.07. The molecule has 0 saturated heterocycles. The number of amides is 1. The molecule has 0 saturated carbocycles. The minimum Gasteiger partial charge on any atom is -0.322 e. The summed E-state index contributed by atoms with van der Waals surface area (Å²) in [6.07, 6.45) is 1.80. The molecule has 2 heterocycles. The van der Waals surface area contributed by atoms with Crippen LogP contribution < -0.4 is 5.32 Å². The van der Waals surface area contributed by atoms with E-state index in [0.717, 1.165) is 40.0 Å². The standard InChI is InChI=1S/C23H21ClN4O/c1-4-28-15(3)18(13-25-28)22-12-17(16-8-5-6-10-21(16)26-22)23(29)27-20-11-7-9-19(24)14(20)2/h5-13H,4H2,1-3H3,(H,27,29). The Morgan fingerprint density at radius 3 is 2.69 bits per heavy atom. The van der Waals surface area contributed by atoms with Crippen molar-refractivity contribution in [1.82, 2.24) is 14.8 Å². The molecule has 2 aromatic carbocycles. The number of benzene rings is 2. The van der Waals surface area contributed by atoms with Crippen LogP contribution in [0.15, 0.2) is 54.7 Å². The van der Waals surface area contributed by atoms with E-state index in [2.05, 4.69) is 10.4 Å². The first kappa shape index (κ1) is 19.2. The van der Waals surface area contributed by atoms with Crippen molar-refractivity contribution in [2.75, 3.05) is 5.32 Å². The van der Waals surface area contributed by atoms with Crippen molar-refractivity contribution in [2.24, 2.45) is 0 Å². The van der Waals surface area contributed by atoms with Crippen LogP contribution in [0.5, 0.6) is 0 Å². The molecule has 6 heteroatoms. The van der Waals surface area contributed by atoms with Crippen LogP contribution >= 0.6 is 11.6 Å². The third-order valence-electron chi connectivity index (χ3n) is 5.16. The van der Waals surface area contributed by atoms with Crippen molar-refractivity contribution in [3.05, 3.63) is 76.6 Å². The van der Waals surface area contributed by atoms with Gasteiger partial charge < -0.3 is 5.32 Å². The molecule has 0 radical (unpaired) electrons. The summed E-state index contributed by atoms with van der Waals surface area (Å²) in [4.78, 5) is 18.0. The lowest BCUT2D eigenvalue weighted by molar-refractivity contribution is 0.102. The summed E-state index contributed by atoms with van der Waals surface area (Å²) in [5, 5.41) is 8.83. The van der Waals surface area contributed by atoms with E-state index in [1.165, 1.54) is 0 Å². The highest BCUT2D eigenvalue weighted by molar-refractivity contribution is 6.31. The first-order valence-electron chi connectivity index (χ1n) is 9.48. The maximum Gasteiger partial charge on any atom is 0.256 e. The molecule has 0 spiro atoms. The van der Waals surface area contributed by atoms with Gasteiger partial charge in [-0.1, -0.05) is 35.9 Å². The van der Waals surface area contributed by atoms with Gasteiger partial charge in [0.15, 0.2) is 0 Å². The number of hydrogen-bond acceptors (Lipinski definition) is 3. The van der Waals surface area contributed by atoms with Gasteiger partial charge in [-0.15, -0.1) is 0 Å². The van der Waals surface area contributed by atoms with Gasteiger partial charge in [-0.25, -0.2) is 4.98 Å². The lowest BCUT2D eigenvalue weighted by Gasteiger charge is -2.12. The molecule has 4 aromatic rings. The van der Waals surface area contributed by atoms with Crippen LogP contribution in [0, 0.1) is 13.8 Å². The second-order valence-electron chi connectivity index (χ2n) is 6.90. The van der Waals surface area contributed by atoms with Gasteiger partial charge in [0.1, 0.15) is 0 Å². The Labute approximate surface area is 174 Å². The highest BCUT2D eigenvalue weighted by atomic mass is 35.5. The van der Waals surface area contributed by atoms with Crippen molar-refractivity contribution < 1.29 is 4.79 Å². The molecule has 4 rings (SSSR count). The number of fused-ring (bicyclic) bond motifs is 1. The molecule has 1 N–H and O–H groups in total. The van der Waals surface area contributed by atoms with Gasteiger partial charge in [-0.3, -0.25) is 9.48 Å². The summed E-state index contributed by atoms with van der Waals surface area (Å²) in [6.45, 7) is 6.72. The SMILES string of the molecule is CCn1ncc(-c2cc(C(=O)Nc3cccc(Cl)c3C)c3ccccc3n2)c1C. The van der Waals surface area contributed by atoms with Gasteiger partial charge in [0.25, 0.3) is 5.91 Å². The Morgan fingerprint density at radius 2 is 1.93 bits per heavy atom. The van der Waals surface area contributed by atoms with Crippen molar-refractivity contribution in [3.63, 3.8) is 0 Å². The molecule has 0 unspecified atom stereocenters.